The molecule has 1 aliphatic rings. The molecule has 2 aromatic carbocycles. The molecule has 0 amide bonds. The van der Waals surface area contributed by atoms with E-state index in [2.05, 4.69) is 0 Å². The van der Waals surface area contributed by atoms with Crippen molar-refractivity contribution in [2.24, 2.45) is 0 Å². The van der Waals surface area contributed by atoms with E-state index in [0.717, 1.165) is 20.7 Å². The molecule has 1 fully saturated rings. The molecule has 0 atom stereocenters. The maximum absolute atomic E-state index is 13.4. The Kier molecular flexibility index (Phi) is 5.55. The van der Waals surface area contributed by atoms with Gasteiger partial charge in [-0.25, -0.2) is 25.6 Å². The van der Waals surface area contributed by atoms with Crippen LogP contribution in [0.5, 0.6) is 0 Å². The van der Waals surface area contributed by atoms with Crippen molar-refractivity contribution in [3.8, 4) is 0 Å². The van der Waals surface area contributed by atoms with Gasteiger partial charge in [0.05, 0.1) is 9.92 Å². The summed E-state index contributed by atoms with van der Waals surface area (Å²) in [6.45, 7) is -0.414. The van der Waals surface area contributed by atoms with Crippen LogP contribution in [0, 0.1) is 11.6 Å². The third-order valence-corrected chi connectivity index (χ3v) is 8.47. The molecule has 0 aromatic heterocycles. The number of hydrogen-bond acceptors (Lipinski definition) is 4. The van der Waals surface area contributed by atoms with Gasteiger partial charge in [-0.15, -0.1) is 0 Å². The van der Waals surface area contributed by atoms with Crippen molar-refractivity contribution in [2.75, 3.05) is 26.2 Å². The summed E-state index contributed by atoms with van der Waals surface area (Å²) in [6, 6.07) is 8.30. The Morgan fingerprint density at radius 2 is 1.33 bits per heavy atom. The second-order valence-electron chi connectivity index (χ2n) is 5.81. The second-order valence-corrected chi connectivity index (χ2v) is 10.1. The van der Waals surface area contributed by atoms with Crippen LogP contribution in [-0.2, 0) is 20.0 Å². The Labute approximate surface area is 161 Å². The van der Waals surface area contributed by atoms with Crippen molar-refractivity contribution in [2.45, 2.75) is 9.79 Å². The van der Waals surface area contributed by atoms with Gasteiger partial charge in [-0.3, -0.25) is 0 Å². The van der Waals surface area contributed by atoms with Crippen molar-refractivity contribution in [1.29, 1.82) is 0 Å². The van der Waals surface area contributed by atoms with Crippen LogP contribution in [-0.4, -0.2) is 51.6 Å². The van der Waals surface area contributed by atoms with Crippen molar-refractivity contribution in [3.05, 3.63) is 59.1 Å². The number of benzene rings is 2. The highest BCUT2D eigenvalue weighted by Gasteiger charge is 2.34. The van der Waals surface area contributed by atoms with Crippen LogP contribution in [0.4, 0.5) is 8.78 Å². The zero-order valence-electron chi connectivity index (χ0n) is 13.8. The van der Waals surface area contributed by atoms with E-state index < -0.39 is 31.7 Å². The van der Waals surface area contributed by atoms with E-state index in [4.69, 9.17) is 11.6 Å². The zero-order valence-corrected chi connectivity index (χ0v) is 16.2. The molecular formula is C16H15ClF2N2O4S2. The summed E-state index contributed by atoms with van der Waals surface area (Å²) >= 11 is 5.96. The molecule has 11 heteroatoms. The molecule has 0 bridgehead atoms. The predicted octanol–water partition coefficient (Wildman–Crippen LogP) is 2.31. The first-order valence-corrected chi connectivity index (χ1v) is 11.1. The van der Waals surface area contributed by atoms with Gasteiger partial charge >= 0.3 is 0 Å². The minimum absolute atomic E-state index is 0.0522. The lowest BCUT2D eigenvalue weighted by Gasteiger charge is -2.33. The number of nitrogens with zero attached hydrogens (tertiary/aromatic N) is 2. The lowest BCUT2D eigenvalue weighted by atomic mass is 10.3. The number of rotatable bonds is 4. The summed E-state index contributed by atoms with van der Waals surface area (Å²) in [5.41, 5.74) is 0. The average molecular weight is 437 g/mol. The van der Waals surface area contributed by atoms with E-state index in [9.17, 15) is 25.6 Å². The Balaban J connectivity index is 1.79. The van der Waals surface area contributed by atoms with Crippen LogP contribution >= 0.6 is 11.6 Å². The van der Waals surface area contributed by atoms with Crippen LogP contribution in [0.15, 0.2) is 52.3 Å². The Hall–Kier alpha value is -1.59. The quantitative estimate of drug-likeness (QED) is 0.737. The van der Waals surface area contributed by atoms with E-state index in [1.54, 1.807) is 12.1 Å². The van der Waals surface area contributed by atoms with E-state index in [0.29, 0.717) is 6.07 Å². The van der Waals surface area contributed by atoms with E-state index in [1.807, 2.05) is 0 Å². The Bertz CT molecular complexity index is 1070. The summed E-state index contributed by atoms with van der Waals surface area (Å²) in [5, 5.41) is 0.0781. The lowest BCUT2D eigenvalue weighted by molar-refractivity contribution is 0.272. The van der Waals surface area contributed by atoms with Crippen molar-refractivity contribution < 1.29 is 25.6 Å². The highest BCUT2D eigenvalue weighted by molar-refractivity contribution is 7.89. The summed E-state index contributed by atoms with van der Waals surface area (Å²) in [5.74, 6) is -2.42. The predicted molar refractivity (Wildman–Crippen MR) is 95.3 cm³/mol. The summed E-state index contributed by atoms with van der Waals surface area (Å²) in [4.78, 5) is -0.438. The van der Waals surface area contributed by atoms with Gasteiger partial charge < -0.3 is 0 Å². The Morgan fingerprint density at radius 1 is 0.778 bits per heavy atom. The molecule has 146 valence electrons. The average Bonchev–Trinajstić information content (AvgIpc) is 2.64. The van der Waals surface area contributed by atoms with Crippen LogP contribution < -0.4 is 0 Å². The zero-order chi connectivity index (χ0) is 19.8. The molecule has 27 heavy (non-hydrogen) atoms. The SMILES string of the molecule is O=S(=O)(c1ccc(F)c(F)c1)N1CCN(S(=O)(=O)c2ccccc2Cl)CC1. The van der Waals surface area contributed by atoms with Crippen molar-refractivity contribution in [3.63, 3.8) is 0 Å². The van der Waals surface area contributed by atoms with Crippen LogP contribution in [0.3, 0.4) is 0 Å². The molecule has 0 radical (unpaired) electrons. The molecule has 0 saturated carbocycles. The van der Waals surface area contributed by atoms with Gasteiger partial charge in [0.1, 0.15) is 4.90 Å². The Morgan fingerprint density at radius 3 is 1.89 bits per heavy atom. The maximum atomic E-state index is 13.4. The van der Waals surface area contributed by atoms with E-state index in [1.165, 1.54) is 12.1 Å². The number of hydrogen-bond donors (Lipinski definition) is 0. The molecule has 0 spiro atoms. The number of halogens is 3. The number of sulfonamides is 2. The first-order valence-electron chi connectivity index (χ1n) is 7.84. The first kappa shape index (κ1) is 20.2. The minimum atomic E-state index is -4.06. The fourth-order valence-electron chi connectivity index (χ4n) is 2.73. The number of piperazine rings is 1. The fraction of sp³-hybridized carbons (Fsp3) is 0.250. The highest BCUT2D eigenvalue weighted by atomic mass is 35.5. The first-order chi connectivity index (χ1) is 12.6. The molecule has 1 heterocycles. The molecule has 3 rings (SSSR count). The minimum Gasteiger partial charge on any atom is -0.207 e. The molecule has 1 aliphatic heterocycles. The lowest BCUT2D eigenvalue weighted by Crippen LogP contribution is -2.50. The molecule has 0 aliphatic carbocycles. The maximum Gasteiger partial charge on any atom is 0.244 e. The normalized spacial score (nSPS) is 17.1. The highest BCUT2D eigenvalue weighted by Crippen LogP contribution is 2.26. The summed E-state index contributed by atoms with van der Waals surface area (Å²) in [7, 11) is -7.93. The monoisotopic (exact) mass is 436 g/mol. The van der Waals surface area contributed by atoms with Gasteiger partial charge in [0.15, 0.2) is 11.6 Å². The van der Waals surface area contributed by atoms with Gasteiger partial charge in [0.25, 0.3) is 0 Å². The second kappa shape index (κ2) is 7.44. The molecule has 1 saturated heterocycles. The molecular weight excluding hydrogens is 422 g/mol. The molecule has 0 unspecified atom stereocenters. The van der Waals surface area contributed by atoms with Crippen LogP contribution in [0.1, 0.15) is 0 Å². The van der Waals surface area contributed by atoms with Gasteiger partial charge in [0.2, 0.25) is 20.0 Å². The fourth-order valence-corrected chi connectivity index (χ4v) is 6.08. The van der Waals surface area contributed by atoms with Crippen molar-refractivity contribution in [1.82, 2.24) is 8.61 Å². The largest absolute Gasteiger partial charge is 0.244 e. The third-order valence-electron chi connectivity index (χ3n) is 4.18. The van der Waals surface area contributed by atoms with Crippen LogP contribution in [0.25, 0.3) is 0 Å². The van der Waals surface area contributed by atoms with Crippen molar-refractivity contribution >= 4 is 31.6 Å². The standard InChI is InChI=1S/C16H15ClF2N2O4S2/c17-13-3-1-2-4-16(13)27(24,25)21-9-7-20(8-10-21)26(22,23)12-5-6-14(18)15(19)11-12/h1-6,11H,7-10H2. The molecule has 2 aromatic rings. The van der Waals surface area contributed by atoms with Crippen LogP contribution in [0.2, 0.25) is 5.02 Å². The van der Waals surface area contributed by atoms with E-state index >= 15 is 0 Å². The smallest absolute Gasteiger partial charge is 0.207 e. The van der Waals surface area contributed by atoms with Gasteiger partial charge in [-0.1, -0.05) is 23.7 Å². The summed E-state index contributed by atoms with van der Waals surface area (Å²) < 4.78 is 79.1. The van der Waals surface area contributed by atoms with Gasteiger partial charge in [-0.05, 0) is 30.3 Å². The third kappa shape index (κ3) is 3.85. The van der Waals surface area contributed by atoms with E-state index in [-0.39, 0.29) is 41.0 Å². The topological polar surface area (TPSA) is 74.8 Å². The van der Waals surface area contributed by atoms with Gasteiger partial charge in [0, 0.05) is 26.2 Å². The van der Waals surface area contributed by atoms with Gasteiger partial charge in [-0.2, -0.15) is 8.61 Å². The molecule has 6 nitrogen and oxygen atoms in total. The summed E-state index contributed by atoms with van der Waals surface area (Å²) in [6.07, 6.45) is 0. The molecule has 0 N–H and O–H groups in total.